The van der Waals surface area contributed by atoms with Crippen molar-refractivity contribution < 1.29 is 14.3 Å². The molecule has 0 amide bonds. The maximum atomic E-state index is 12.2. The zero-order valence-corrected chi connectivity index (χ0v) is 15.9. The van der Waals surface area contributed by atoms with Crippen LogP contribution in [0.5, 0.6) is 0 Å². The summed E-state index contributed by atoms with van der Waals surface area (Å²) in [6.07, 6.45) is 2.47. The molecule has 0 radical (unpaired) electrons. The second-order valence-electron chi connectivity index (χ2n) is 5.50. The zero-order chi connectivity index (χ0) is 20.3. The molecule has 0 aliphatic carbocycles. The van der Waals surface area contributed by atoms with Gasteiger partial charge in [0.25, 0.3) is 5.56 Å². The van der Waals surface area contributed by atoms with E-state index in [1.54, 1.807) is 12.1 Å². The summed E-state index contributed by atoms with van der Waals surface area (Å²) in [6, 6.07) is 4.71. The van der Waals surface area contributed by atoms with Crippen LogP contribution in [0.1, 0.15) is 15.9 Å². The van der Waals surface area contributed by atoms with E-state index in [0.717, 1.165) is 15.2 Å². The van der Waals surface area contributed by atoms with Crippen molar-refractivity contribution in [2.24, 2.45) is 14.1 Å². The molecular formula is C17H15Cl2N3O5. The van der Waals surface area contributed by atoms with E-state index < -0.39 is 35.2 Å². The van der Waals surface area contributed by atoms with Crippen LogP contribution in [0.25, 0.3) is 6.08 Å². The summed E-state index contributed by atoms with van der Waals surface area (Å²) in [5.74, 6) is -1.95. The lowest BCUT2D eigenvalue weighted by Crippen LogP contribution is -2.42. The lowest BCUT2D eigenvalue weighted by atomic mass is 10.2. The summed E-state index contributed by atoms with van der Waals surface area (Å²) >= 11 is 11.8. The molecule has 0 bridgehead atoms. The van der Waals surface area contributed by atoms with Gasteiger partial charge in [-0.25, -0.2) is 9.59 Å². The quantitative estimate of drug-likeness (QED) is 0.452. The first-order valence-electron chi connectivity index (χ1n) is 7.52. The fraction of sp³-hybridized carbons (Fsp3) is 0.176. The molecule has 0 unspecified atom stereocenters. The second-order valence-corrected chi connectivity index (χ2v) is 6.34. The fourth-order valence-corrected chi connectivity index (χ4v) is 2.64. The molecule has 0 atom stereocenters. The van der Waals surface area contributed by atoms with Crippen LogP contribution < -0.4 is 17.0 Å². The average Bonchev–Trinajstić information content (AvgIpc) is 2.62. The number of hydrogen-bond acceptors (Lipinski definition) is 6. The van der Waals surface area contributed by atoms with Crippen LogP contribution in [0, 0.1) is 0 Å². The number of anilines is 1. The monoisotopic (exact) mass is 411 g/mol. The van der Waals surface area contributed by atoms with E-state index in [1.165, 1.54) is 26.2 Å². The van der Waals surface area contributed by atoms with Crippen LogP contribution in [0.3, 0.4) is 0 Å². The van der Waals surface area contributed by atoms with Gasteiger partial charge in [-0.3, -0.25) is 18.7 Å². The molecule has 0 aliphatic rings. The van der Waals surface area contributed by atoms with E-state index in [1.807, 2.05) is 0 Å². The third kappa shape index (κ3) is 4.47. The van der Waals surface area contributed by atoms with Crippen LogP contribution in [-0.2, 0) is 23.6 Å². The lowest BCUT2D eigenvalue weighted by molar-refractivity contribution is -0.136. The maximum absolute atomic E-state index is 12.2. The Bertz CT molecular complexity index is 1070. The molecule has 0 fully saturated rings. The number of aromatic nitrogens is 2. The highest BCUT2D eigenvalue weighted by Crippen LogP contribution is 2.21. The minimum atomic E-state index is -0.861. The van der Waals surface area contributed by atoms with E-state index in [2.05, 4.69) is 0 Å². The van der Waals surface area contributed by atoms with Crippen molar-refractivity contribution in [3.8, 4) is 0 Å². The number of Topliss-reactive ketones (excluding diaryl/α,β-unsaturated/α-hetero) is 1. The molecule has 0 aliphatic heterocycles. The molecule has 8 nitrogen and oxygen atoms in total. The largest absolute Gasteiger partial charge is 0.454 e. The Labute approximate surface area is 163 Å². The summed E-state index contributed by atoms with van der Waals surface area (Å²) in [5, 5.41) is 0.783. The Kier molecular flexibility index (Phi) is 6.24. The third-order valence-corrected chi connectivity index (χ3v) is 4.26. The predicted octanol–water partition coefficient (Wildman–Crippen LogP) is 1.41. The van der Waals surface area contributed by atoms with Gasteiger partial charge in [0.05, 0.1) is 0 Å². The van der Waals surface area contributed by atoms with Crippen LogP contribution >= 0.6 is 23.2 Å². The van der Waals surface area contributed by atoms with E-state index in [0.29, 0.717) is 15.6 Å². The van der Waals surface area contributed by atoms with Gasteiger partial charge in [0.2, 0.25) is 5.78 Å². The predicted molar refractivity (Wildman–Crippen MR) is 102 cm³/mol. The molecule has 1 heterocycles. The van der Waals surface area contributed by atoms with Gasteiger partial charge in [-0.2, -0.15) is 0 Å². The fourth-order valence-electron chi connectivity index (χ4n) is 2.17. The molecule has 1 aromatic heterocycles. The standard InChI is InChI=1S/C17H15Cl2N3O5/c1-21-15(20)14(16(25)22(2)17(21)26)12(23)8-27-13(24)6-4-9-3-5-10(18)7-11(9)19/h3-7H,8,20H2,1-2H3/b6-4+. The molecule has 0 saturated heterocycles. The highest BCUT2D eigenvalue weighted by molar-refractivity contribution is 6.35. The summed E-state index contributed by atoms with van der Waals surface area (Å²) in [5.41, 5.74) is 4.25. The first-order chi connectivity index (χ1) is 12.6. The maximum Gasteiger partial charge on any atom is 0.332 e. The van der Waals surface area contributed by atoms with Crippen molar-refractivity contribution in [2.45, 2.75) is 0 Å². The van der Waals surface area contributed by atoms with Gasteiger partial charge in [-0.05, 0) is 23.8 Å². The number of nitrogen functional groups attached to an aromatic ring is 1. The molecule has 27 heavy (non-hydrogen) atoms. The molecule has 1 aromatic carbocycles. The SMILES string of the molecule is Cn1c(N)c(C(=O)COC(=O)/C=C/c2ccc(Cl)cc2Cl)c(=O)n(C)c1=O. The van der Waals surface area contributed by atoms with Gasteiger partial charge in [-0.15, -0.1) is 0 Å². The van der Waals surface area contributed by atoms with Crippen LogP contribution in [0.2, 0.25) is 10.0 Å². The summed E-state index contributed by atoms with van der Waals surface area (Å²) in [7, 11) is 2.53. The van der Waals surface area contributed by atoms with E-state index in [4.69, 9.17) is 33.7 Å². The molecule has 0 spiro atoms. The second kappa shape index (κ2) is 8.24. The lowest BCUT2D eigenvalue weighted by Gasteiger charge is -2.10. The van der Waals surface area contributed by atoms with E-state index in [-0.39, 0.29) is 5.82 Å². The Morgan fingerprint density at radius 2 is 1.85 bits per heavy atom. The topological polar surface area (TPSA) is 113 Å². The van der Waals surface area contributed by atoms with E-state index in [9.17, 15) is 19.2 Å². The van der Waals surface area contributed by atoms with Crippen molar-refractivity contribution in [3.05, 3.63) is 66.3 Å². The smallest absolute Gasteiger partial charge is 0.332 e. The highest BCUT2D eigenvalue weighted by atomic mass is 35.5. The highest BCUT2D eigenvalue weighted by Gasteiger charge is 2.21. The summed E-state index contributed by atoms with van der Waals surface area (Å²) < 4.78 is 6.53. The zero-order valence-electron chi connectivity index (χ0n) is 14.4. The molecule has 2 aromatic rings. The summed E-state index contributed by atoms with van der Waals surface area (Å²) in [6.45, 7) is -0.713. The minimum absolute atomic E-state index is 0.298. The van der Waals surface area contributed by atoms with Crippen molar-refractivity contribution in [1.29, 1.82) is 0 Å². The number of halogens is 2. The molecule has 2 rings (SSSR count). The number of rotatable bonds is 5. The van der Waals surface area contributed by atoms with E-state index >= 15 is 0 Å². The van der Waals surface area contributed by atoms with Gasteiger partial charge in [0.15, 0.2) is 6.61 Å². The number of nitrogens with zero attached hydrogens (tertiary/aromatic N) is 2. The number of benzene rings is 1. The molecular weight excluding hydrogens is 397 g/mol. The molecule has 0 saturated carbocycles. The first-order valence-corrected chi connectivity index (χ1v) is 8.27. The van der Waals surface area contributed by atoms with Gasteiger partial charge in [0, 0.05) is 30.2 Å². The van der Waals surface area contributed by atoms with Gasteiger partial charge in [0.1, 0.15) is 11.4 Å². The van der Waals surface area contributed by atoms with Crippen molar-refractivity contribution in [1.82, 2.24) is 9.13 Å². The van der Waals surface area contributed by atoms with Crippen molar-refractivity contribution in [2.75, 3.05) is 12.3 Å². The third-order valence-electron chi connectivity index (χ3n) is 3.70. The van der Waals surface area contributed by atoms with Crippen LogP contribution in [0.15, 0.2) is 33.9 Å². The summed E-state index contributed by atoms with van der Waals surface area (Å²) in [4.78, 5) is 47.8. The number of carbonyl (C=O) groups excluding carboxylic acids is 2. The normalized spacial score (nSPS) is 11.0. The van der Waals surface area contributed by atoms with Gasteiger partial charge in [-0.1, -0.05) is 29.3 Å². The van der Waals surface area contributed by atoms with Crippen LogP contribution in [0.4, 0.5) is 5.82 Å². The minimum Gasteiger partial charge on any atom is -0.454 e. The number of ether oxygens (including phenoxy) is 1. The molecule has 142 valence electrons. The Morgan fingerprint density at radius 3 is 2.48 bits per heavy atom. The van der Waals surface area contributed by atoms with Crippen molar-refractivity contribution >= 4 is 46.8 Å². The number of ketones is 1. The Balaban J connectivity index is 2.12. The van der Waals surface area contributed by atoms with Gasteiger partial charge < -0.3 is 10.5 Å². The molecule has 2 N–H and O–H groups in total. The van der Waals surface area contributed by atoms with Crippen LogP contribution in [-0.4, -0.2) is 27.5 Å². The number of hydrogen-bond donors (Lipinski definition) is 1. The number of carbonyl (C=O) groups is 2. The Hall–Kier alpha value is -2.84. The first kappa shape index (κ1) is 20.5. The number of esters is 1. The number of nitrogens with two attached hydrogens (primary N) is 1. The van der Waals surface area contributed by atoms with Gasteiger partial charge >= 0.3 is 11.7 Å². The van der Waals surface area contributed by atoms with Crippen molar-refractivity contribution in [3.63, 3.8) is 0 Å². The Morgan fingerprint density at radius 1 is 1.19 bits per heavy atom. The molecule has 10 heteroatoms. The average molecular weight is 412 g/mol.